The zero-order valence-corrected chi connectivity index (χ0v) is 11.9. The number of pyridine rings is 1. The summed E-state index contributed by atoms with van der Waals surface area (Å²) in [5.74, 6) is 4.99. The van der Waals surface area contributed by atoms with Crippen LogP contribution in [0.1, 0.15) is 5.56 Å². The molecule has 0 fully saturated rings. The molecule has 0 atom stereocenters. The van der Waals surface area contributed by atoms with E-state index in [2.05, 4.69) is 15.1 Å². The van der Waals surface area contributed by atoms with Crippen LogP contribution in [0.15, 0.2) is 47.5 Å². The van der Waals surface area contributed by atoms with Crippen LogP contribution in [0.3, 0.4) is 0 Å². The summed E-state index contributed by atoms with van der Waals surface area (Å²) in [6, 6.07) is 8.81. The lowest BCUT2D eigenvalue weighted by atomic mass is 10.1. The summed E-state index contributed by atoms with van der Waals surface area (Å²) >= 11 is 0. The number of benzene rings is 1. The first-order chi connectivity index (χ1) is 10.0. The zero-order chi connectivity index (χ0) is 15.3. The quantitative estimate of drug-likeness (QED) is 0.547. The van der Waals surface area contributed by atoms with Crippen LogP contribution in [0.2, 0.25) is 0 Å². The Morgan fingerprint density at radius 1 is 1.19 bits per heavy atom. The maximum Gasteiger partial charge on any atom is 0.244 e. The SMILES string of the molecule is NNc1ncccc1S(=O)(=O)NCCc1ccc(F)cc1. The lowest BCUT2D eigenvalue weighted by Crippen LogP contribution is -2.27. The van der Waals surface area contributed by atoms with Gasteiger partial charge in [0, 0.05) is 12.7 Å². The van der Waals surface area contributed by atoms with Crippen LogP contribution in [0.4, 0.5) is 10.2 Å². The highest BCUT2D eigenvalue weighted by atomic mass is 32.2. The van der Waals surface area contributed by atoms with E-state index in [1.807, 2.05) is 0 Å². The van der Waals surface area contributed by atoms with Crippen LogP contribution in [-0.2, 0) is 16.4 Å². The van der Waals surface area contributed by atoms with Gasteiger partial charge in [0.2, 0.25) is 10.0 Å². The van der Waals surface area contributed by atoms with Crippen molar-refractivity contribution in [2.75, 3.05) is 12.0 Å². The Kier molecular flexibility index (Phi) is 4.84. The van der Waals surface area contributed by atoms with Gasteiger partial charge in [-0.1, -0.05) is 12.1 Å². The Balaban J connectivity index is 2.03. The number of nitrogens with two attached hydrogens (primary N) is 1. The number of halogens is 1. The molecule has 1 aromatic heterocycles. The van der Waals surface area contributed by atoms with Gasteiger partial charge >= 0.3 is 0 Å². The molecule has 1 heterocycles. The van der Waals surface area contributed by atoms with Crippen LogP contribution >= 0.6 is 0 Å². The smallest absolute Gasteiger partial charge is 0.244 e. The topological polar surface area (TPSA) is 97.1 Å². The maximum absolute atomic E-state index is 12.8. The number of nitrogen functional groups attached to an aromatic ring is 1. The van der Waals surface area contributed by atoms with Gasteiger partial charge in [-0.2, -0.15) is 0 Å². The standard InChI is InChI=1S/C13H15FN4O2S/c14-11-5-3-10(4-6-11)7-9-17-21(19,20)12-2-1-8-16-13(12)18-15/h1-6,8,17H,7,9,15H2,(H,16,18). The highest BCUT2D eigenvalue weighted by Gasteiger charge is 2.18. The first-order valence-corrected chi connectivity index (χ1v) is 7.67. The van der Waals surface area contributed by atoms with Crippen molar-refractivity contribution < 1.29 is 12.8 Å². The first-order valence-electron chi connectivity index (χ1n) is 6.18. The minimum atomic E-state index is -3.71. The third kappa shape index (κ3) is 3.97. The molecule has 2 rings (SSSR count). The zero-order valence-electron chi connectivity index (χ0n) is 11.1. The Hall–Kier alpha value is -2.03. The molecule has 0 aliphatic heterocycles. The van der Waals surface area contributed by atoms with Gasteiger partial charge in [0.05, 0.1) is 0 Å². The van der Waals surface area contributed by atoms with Crippen LogP contribution in [0, 0.1) is 5.82 Å². The molecular formula is C13H15FN4O2S. The number of nitrogens with one attached hydrogen (secondary N) is 2. The second-order valence-electron chi connectivity index (χ2n) is 4.27. The predicted octanol–water partition coefficient (Wildman–Crippen LogP) is 1.03. The minimum absolute atomic E-state index is 0.0217. The molecule has 0 unspecified atom stereocenters. The second kappa shape index (κ2) is 6.61. The molecule has 0 aliphatic rings. The van der Waals surface area contributed by atoms with Crippen LogP contribution in [0.25, 0.3) is 0 Å². The molecule has 0 aliphatic carbocycles. The largest absolute Gasteiger partial charge is 0.307 e. The lowest BCUT2D eigenvalue weighted by Gasteiger charge is -2.10. The average Bonchev–Trinajstić information content (AvgIpc) is 2.49. The van der Waals surface area contributed by atoms with Gasteiger partial charge in [-0.3, -0.25) is 0 Å². The average molecular weight is 310 g/mol. The van der Waals surface area contributed by atoms with Crippen LogP contribution < -0.4 is 16.0 Å². The van der Waals surface area contributed by atoms with Crippen LogP contribution in [-0.4, -0.2) is 19.9 Å². The van der Waals surface area contributed by atoms with E-state index in [0.29, 0.717) is 6.42 Å². The summed E-state index contributed by atoms with van der Waals surface area (Å²) in [5.41, 5.74) is 3.08. The van der Waals surface area contributed by atoms with Gasteiger partial charge in [0.25, 0.3) is 0 Å². The Bertz CT molecular complexity index is 704. The molecule has 0 saturated heterocycles. The van der Waals surface area contributed by atoms with Crippen molar-refractivity contribution in [3.05, 3.63) is 54.0 Å². The van der Waals surface area contributed by atoms with Crippen molar-refractivity contribution in [1.29, 1.82) is 0 Å². The molecule has 0 spiro atoms. The van der Waals surface area contributed by atoms with Crippen molar-refractivity contribution in [3.8, 4) is 0 Å². The summed E-state index contributed by atoms with van der Waals surface area (Å²) in [6.07, 6.45) is 1.89. The minimum Gasteiger partial charge on any atom is -0.307 e. The van der Waals surface area contributed by atoms with E-state index in [-0.39, 0.29) is 23.1 Å². The Labute approximate surface area is 122 Å². The number of aromatic nitrogens is 1. The van der Waals surface area contributed by atoms with Gasteiger partial charge in [0.15, 0.2) is 5.82 Å². The van der Waals surface area contributed by atoms with E-state index in [1.165, 1.54) is 30.5 Å². The van der Waals surface area contributed by atoms with E-state index in [1.54, 1.807) is 12.1 Å². The van der Waals surface area contributed by atoms with Gasteiger partial charge in [0.1, 0.15) is 10.7 Å². The van der Waals surface area contributed by atoms with E-state index in [0.717, 1.165) is 5.56 Å². The highest BCUT2D eigenvalue weighted by molar-refractivity contribution is 7.89. The third-order valence-corrected chi connectivity index (χ3v) is 4.31. The summed E-state index contributed by atoms with van der Waals surface area (Å²) in [4.78, 5) is 3.82. The molecule has 0 saturated carbocycles. The first kappa shape index (κ1) is 15.4. The van der Waals surface area contributed by atoms with Crippen LogP contribution in [0.5, 0.6) is 0 Å². The molecule has 6 nitrogen and oxygen atoms in total. The fraction of sp³-hybridized carbons (Fsp3) is 0.154. The highest BCUT2D eigenvalue weighted by Crippen LogP contribution is 2.16. The summed E-state index contributed by atoms with van der Waals surface area (Å²) in [7, 11) is -3.71. The molecule has 112 valence electrons. The van der Waals surface area contributed by atoms with Gasteiger partial charge in [-0.05, 0) is 36.2 Å². The fourth-order valence-electron chi connectivity index (χ4n) is 1.77. The summed E-state index contributed by atoms with van der Waals surface area (Å²) in [5, 5.41) is 0. The second-order valence-corrected chi connectivity index (χ2v) is 6.00. The van der Waals surface area contributed by atoms with Crippen molar-refractivity contribution in [1.82, 2.24) is 9.71 Å². The van der Waals surface area contributed by atoms with Crippen molar-refractivity contribution in [3.63, 3.8) is 0 Å². The predicted molar refractivity (Wildman–Crippen MR) is 77.3 cm³/mol. The molecule has 0 amide bonds. The number of hydrazine groups is 1. The Morgan fingerprint density at radius 2 is 1.90 bits per heavy atom. The molecule has 1 aromatic carbocycles. The number of nitrogens with zero attached hydrogens (tertiary/aromatic N) is 1. The van der Waals surface area contributed by atoms with E-state index < -0.39 is 10.0 Å². The fourth-order valence-corrected chi connectivity index (χ4v) is 2.92. The number of rotatable bonds is 6. The molecule has 8 heteroatoms. The normalized spacial score (nSPS) is 11.3. The number of hydrogen-bond acceptors (Lipinski definition) is 5. The molecule has 2 aromatic rings. The molecule has 4 N–H and O–H groups in total. The number of anilines is 1. The number of sulfonamides is 1. The summed E-state index contributed by atoms with van der Waals surface area (Å²) < 4.78 is 39.5. The van der Waals surface area contributed by atoms with Crippen molar-refractivity contribution in [2.24, 2.45) is 5.84 Å². The van der Waals surface area contributed by atoms with Crippen molar-refractivity contribution in [2.45, 2.75) is 11.3 Å². The van der Waals surface area contributed by atoms with E-state index in [4.69, 9.17) is 5.84 Å². The number of hydrogen-bond donors (Lipinski definition) is 3. The van der Waals surface area contributed by atoms with E-state index in [9.17, 15) is 12.8 Å². The Morgan fingerprint density at radius 3 is 2.57 bits per heavy atom. The maximum atomic E-state index is 12.8. The summed E-state index contributed by atoms with van der Waals surface area (Å²) in [6.45, 7) is 0.187. The van der Waals surface area contributed by atoms with Gasteiger partial charge < -0.3 is 5.43 Å². The third-order valence-electron chi connectivity index (χ3n) is 2.82. The molecule has 0 bridgehead atoms. The monoisotopic (exact) mass is 310 g/mol. The molecule has 0 radical (unpaired) electrons. The van der Waals surface area contributed by atoms with E-state index >= 15 is 0 Å². The molecular weight excluding hydrogens is 295 g/mol. The molecule has 21 heavy (non-hydrogen) atoms. The van der Waals surface area contributed by atoms with Crippen molar-refractivity contribution >= 4 is 15.8 Å². The van der Waals surface area contributed by atoms with Gasteiger partial charge in [-0.15, -0.1) is 0 Å². The van der Waals surface area contributed by atoms with Gasteiger partial charge in [-0.25, -0.2) is 28.4 Å². The lowest BCUT2D eigenvalue weighted by molar-refractivity contribution is 0.581.